The molecule has 5 nitrogen and oxygen atoms in total. The van der Waals surface area contributed by atoms with Crippen LogP contribution >= 0.6 is 0 Å². The molecule has 1 aliphatic heterocycles. The second kappa shape index (κ2) is 6.73. The molecule has 104 valence electrons. The molecule has 1 fully saturated rings. The molecule has 2 atom stereocenters. The van der Waals surface area contributed by atoms with Crippen molar-refractivity contribution in [3.05, 3.63) is 0 Å². The Balaban J connectivity index is 2.64. The summed E-state index contributed by atoms with van der Waals surface area (Å²) in [6.07, 6.45) is 1.36. The summed E-state index contributed by atoms with van der Waals surface area (Å²) in [7, 11) is 1.36. The summed E-state index contributed by atoms with van der Waals surface area (Å²) < 4.78 is 10.1. The molecule has 0 N–H and O–H groups in total. The molecule has 0 aromatic heterocycles. The van der Waals surface area contributed by atoms with Gasteiger partial charge in [0.05, 0.1) is 13.0 Å². The Bertz CT molecular complexity index is 297. The fraction of sp³-hybridized carbons (Fsp3) is 0.846. The third-order valence-corrected chi connectivity index (χ3v) is 3.19. The lowest BCUT2D eigenvalue weighted by atomic mass is 10.1. The molecule has 5 heteroatoms. The molecule has 18 heavy (non-hydrogen) atoms. The van der Waals surface area contributed by atoms with Crippen LogP contribution in [0, 0.1) is 5.92 Å². The average Bonchev–Trinajstić information content (AvgIpc) is 2.87. The summed E-state index contributed by atoms with van der Waals surface area (Å²) in [6.45, 7) is 6.68. The van der Waals surface area contributed by atoms with Gasteiger partial charge in [-0.1, -0.05) is 6.92 Å². The van der Waals surface area contributed by atoms with Gasteiger partial charge in [-0.25, -0.2) is 0 Å². The largest absolute Gasteiger partial charge is 0.469 e. The SMILES string of the molecule is COC(=O)C(C)CN(C(=O)C1CCCO1)C(C)C. The monoisotopic (exact) mass is 257 g/mol. The summed E-state index contributed by atoms with van der Waals surface area (Å²) in [5.41, 5.74) is 0. The zero-order valence-electron chi connectivity index (χ0n) is 11.6. The van der Waals surface area contributed by atoms with Gasteiger partial charge in [0.25, 0.3) is 5.91 Å². The van der Waals surface area contributed by atoms with Crippen molar-refractivity contribution >= 4 is 11.9 Å². The number of esters is 1. The summed E-state index contributed by atoms with van der Waals surface area (Å²) in [4.78, 5) is 25.4. The van der Waals surface area contributed by atoms with Crippen LogP contribution in [0.5, 0.6) is 0 Å². The zero-order valence-corrected chi connectivity index (χ0v) is 11.6. The fourth-order valence-electron chi connectivity index (χ4n) is 2.08. The molecule has 0 saturated carbocycles. The number of hydrogen-bond donors (Lipinski definition) is 0. The Kier molecular flexibility index (Phi) is 5.59. The first-order valence-electron chi connectivity index (χ1n) is 6.47. The van der Waals surface area contributed by atoms with Gasteiger partial charge in [0, 0.05) is 19.2 Å². The predicted molar refractivity (Wildman–Crippen MR) is 67.0 cm³/mol. The first-order chi connectivity index (χ1) is 8.47. The van der Waals surface area contributed by atoms with E-state index < -0.39 is 0 Å². The number of nitrogens with zero attached hydrogens (tertiary/aromatic N) is 1. The highest BCUT2D eigenvalue weighted by molar-refractivity contribution is 5.82. The Morgan fingerprint density at radius 1 is 1.39 bits per heavy atom. The molecule has 1 amide bonds. The summed E-state index contributed by atoms with van der Waals surface area (Å²) >= 11 is 0. The maximum absolute atomic E-state index is 12.3. The van der Waals surface area contributed by atoms with Gasteiger partial charge in [0.2, 0.25) is 0 Å². The van der Waals surface area contributed by atoms with E-state index in [2.05, 4.69) is 4.74 Å². The van der Waals surface area contributed by atoms with E-state index in [0.29, 0.717) is 13.2 Å². The van der Waals surface area contributed by atoms with E-state index in [1.165, 1.54) is 7.11 Å². The lowest BCUT2D eigenvalue weighted by Gasteiger charge is -2.30. The number of carbonyl (C=O) groups excluding carboxylic acids is 2. The molecule has 0 radical (unpaired) electrons. The molecule has 1 saturated heterocycles. The van der Waals surface area contributed by atoms with Gasteiger partial charge in [-0.3, -0.25) is 9.59 Å². The zero-order chi connectivity index (χ0) is 13.7. The van der Waals surface area contributed by atoms with Crippen LogP contribution in [-0.4, -0.2) is 49.2 Å². The van der Waals surface area contributed by atoms with Crippen LogP contribution in [0.25, 0.3) is 0 Å². The van der Waals surface area contributed by atoms with Crippen molar-refractivity contribution in [3.8, 4) is 0 Å². The lowest BCUT2D eigenvalue weighted by Crippen LogP contribution is -2.46. The Morgan fingerprint density at radius 3 is 2.50 bits per heavy atom. The van der Waals surface area contributed by atoms with Gasteiger partial charge in [0.15, 0.2) is 0 Å². The quantitative estimate of drug-likeness (QED) is 0.695. The van der Waals surface area contributed by atoms with Gasteiger partial charge >= 0.3 is 5.97 Å². The van der Waals surface area contributed by atoms with Crippen molar-refractivity contribution < 1.29 is 19.1 Å². The molecule has 1 aliphatic rings. The molecule has 0 spiro atoms. The van der Waals surface area contributed by atoms with E-state index >= 15 is 0 Å². The minimum atomic E-state index is -0.336. The topological polar surface area (TPSA) is 55.8 Å². The van der Waals surface area contributed by atoms with Crippen LogP contribution in [0.15, 0.2) is 0 Å². The highest BCUT2D eigenvalue weighted by atomic mass is 16.5. The summed E-state index contributed by atoms with van der Waals surface area (Å²) in [5, 5.41) is 0. The molecule has 0 aromatic carbocycles. The summed E-state index contributed by atoms with van der Waals surface area (Å²) in [5.74, 6) is -0.623. The second-order valence-electron chi connectivity index (χ2n) is 5.01. The maximum Gasteiger partial charge on any atom is 0.310 e. The average molecular weight is 257 g/mol. The number of ether oxygens (including phenoxy) is 2. The van der Waals surface area contributed by atoms with E-state index in [-0.39, 0.29) is 29.9 Å². The smallest absolute Gasteiger partial charge is 0.310 e. The minimum Gasteiger partial charge on any atom is -0.469 e. The van der Waals surface area contributed by atoms with Crippen molar-refractivity contribution in [3.63, 3.8) is 0 Å². The maximum atomic E-state index is 12.3. The number of amides is 1. The van der Waals surface area contributed by atoms with E-state index in [9.17, 15) is 9.59 Å². The second-order valence-corrected chi connectivity index (χ2v) is 5.01. The third kappa shape index (κ3) is 3.70. The van der Waals surface area contributed by atoms with Crippen LogP contribution in [0.2, 0.25) is 0 Å². The molecule has 1 rings (SSSR count). The predicted octanol–water partition coefficient (Wildman–Crippen LogP) is 1.21. The lowest BCUT2D eigenvalue weighted by molar-refractivity contribution is -0.149. The molecule has 0 bridgehead atoms. The Morgan fingerprint density at radius 2 is 2.06 bits per heavy atom. The van der Waals surface area contributed by atoms with E-state index in [0.717, 1.165) is 12.8 Å². The first-order valence-corrected chi connectivity index (χ1v) is 6.47. The van der Waals surface area contributed by atoms with E-state index in [4.69, 9.17) is 4.74 Å². The highest BCUT2D eigenvalue weighted by Crippen LogP contribution is 2.17. The molecule has 0 aromatic rings. The fourth-order valence-corrected chi connectivity index (χ4v) is 2.08. The highest BCUT2D eigenvalue weighted by Gasteiger charge is 2.31. The first kappa shape index (κ1) is 15.0. The van der Waals surface area contributed by atoms with Gasteiger partial charge in [0.1, 0.15) is 6.10 Å². The van der Waals surface area contributed by atoms with Crippen molar-refractivity contribution in [2.75, 3.05) is 20.3 Å². The van der Waals surface area contributed by atoms with Crippen molar-refractivity contribution in [2.45, 2.75) is 45.8 Å². The normalized spacial score (nSPS) is 20.8. The van der Waals surface area contributed by atoms with Crippen molar-refractivity contribution in [2.24, 2.45) is 5.92 Å². The van der Waals surface area contributed by atoms with E-state index in [1.807, 2.05) is 13.8 Å². The van der Waals surface area contributed by atoms with Crippen LogP contribution in [0.4, 0.5) is 0 Å². The van der Waals surface area contributed by atoms with Gasteiger partial charge < -0.3 is 14.4 Å². The number of hydrogen-bond acceptors (Lipinski definition) is 4. The molecule has 1 heterocycles. The van der Waals surface area contributed by atoms with Crippen LogP contribution in [0.3, 0.4) is 0 Å². The minimum absolute atomic E-state index is 0.0155. The number of rotatable bonds is 5. The molecule has 0 aliphatic carbocycles. The third-order valence-electron chi connectivity index (χ3n) is 3.19. The molecule has 2 unspecified atom stereocenters. The van der Waals surface area contributed by atoms with Crippen LogP contribution in [0.1, 0.15) is 33.6 Å². The Labute approximate surface area is 108 Å². The van der Waals surface area contributed by atoms with Gasteiger partial charge in [-0.05, 0) is 26.7 Å². The van der Waals surface area contributed by atoms with E-state index in [1.54, 1.807) is 11.8 Å². The van der Waals surface area contributed by atoms with Crippen molar-refractivity contribution in [1.29, 1.82) is 0 Å². The molecular formula is C13H23NO4. The summed E-state index contributed by atoms with van der Waals surface area (Å²) in [6, 6.07) is 0.0498. The van der Waals surface area contributed by atoms with Gasteiger partial charge in [-0.2, -0.15) is 0 Å². The number of carbonyl (C=O) groups is 2. The van der Waals surface area contributed by atoms with Crippen LogP contribution in [-0.2, 0) is 19.1 Å². The number of methoxy groups -OCH3 is 1. The van der Waals surface area contributed by atoms with Gasteiger partial charge in [-0.15, -0.1) is 0 Å². The Hall–Kier alpha value is -1.10. The molecular weight excluding hydrogens is 234 g/mol. The standard InChI is InChI=1S/C13H23NO4/c1-9(2)14(8-10(3)13(16)17-4)12(15)11-6-5-7-18-11/h9-11H,5-8H2,1-4H3. The van der Waals surface area contributed by atoms with Crippen LogP contribution < -0.4 is 0 Å². The van der Waals surface area contributed by atoms with Crippen molar-refractivity contribution in [1.82, 2.24) is 4.90 Å².